The van der Waals surface area contributed by atoms with E-state index in [4.69, 9.17) is 9.47 Å². The third kappa shape index (κ3) is 3.82. The van der Waals surface area contributed by atoms with Gasteiger partial charge in [-0.1, -0.05) is 30.3 Å². The summed E-state index contributed by atoms with van der Waals surface area (Å²) >= 11 is 0. The molecule has 0 bridgehead atoms. The highest BCUT2D eigenvalue weighted by Gasteiger charge is 2.37. The monoisotopic (exact) mass is 283 g/mol. The fraction of sp³-hybridized carbons (Fsp3) is 0.389. The minimum Gasteiger partial charge on any atom is -0.487 e. The van der Waals surface area contributed by atoms with E-state index in [-0.39, 0.29) is 0 Å². The Labute approximate surface area is 125 Å². The number of rotatable bonds is 7. The van der Waals surface area contributed by atoms with Gasteiger partial charge >= 0.3 is 0 Å². The lowest BCUT2D eigenvalue weighted by molar-refractivity contribution is 0.189. The Kier molecular flexibility index (Phi) is 4.51. The van der Waals surface area contributed by atoms with Gasteiger partial charge in [0, 0.05) is 19.9 Å². The van der Waals surface area contributed by atoms with Crippen LogP contribution in [0, 0.1) is 5.92 Å². The average molecular weight is 283 g/mol. The maximum atomic E-state index is 5.84. The van der Waals surface area contributed by atoms with E-state index >= 15 is 0 Å². The fourth-order valence-electron chi connectivity index (χ4n) is 2.70. The molecule has 0 amide bonds. The SMILES string of the molecule is COCC[C@@H]1C[C@@H]1c1cncc(OCc2ccccc2)c1. The van der Waals surface area contributed by atoms with Gasteiger partial charge in [0.25, 0.3) is 0 Å². The normalized spacial score (nSPS) is 20.2. The number of methoxy groups -OCH3 is 1. The van der Waals surface area contributed by atoms with Gasteiger partial charge in [0.15, 0.2) is 0 Å². The Morgan fingerprint density at radius 3 is 2.86 bits per heavy atom. The van der Waals surface area contributed by atoms with E-state index < -0.39 is 0 Å². The minimum absolute atomic E-state index is 0.587. The third-order valence-corrected chi connectivity index (χ3v) is 4.03. The Hall–Kier alpha value is -1.87. The van der Waals surface area contributed by atoms with Gasteiger partial charge in [-0.3, -0.25) is 4.98 Å². The molecule has 0 N–H and O–H groups in total. The quantitative estimate of drug-likeness (QED) is 0.774. The van der Waals surface area contributed by atoms with Crippen molar-refractivity contribution in [3.8, 4) is 5.75 Å². The van der Waals surface area contributed by atoms with E-state index in [1.165, 1.54) is 17.5 Å². The first-order chi connectivity index (χ1) is 10.4. The number of hydrogen-bond acceptors (Lipinski definition) is 3. The molecule has 1 saturated carbocycles. The first-order valence-electron chi connectivity index (χ1n) is 7.47. The first-order valence-corrected chi connectivity index (χ1v) is 7.47. The number of pyridine rings is 1. The molecule has 1 aliphatic carbocycles. The standard InChI is InChI=1S/C18H21NO2/c1-20-8-7-15-10-18(15)16-9-17(12-19-11-16)21-13-14-5-3-2-4-6-14/h2-6,9,11-12,15,18H,7-8,10,13H2,1H3/t15-,18+/m1/s1. The van der Waals surface area contributed by atoms with Crippen molar-refractivity contribution in [2.24, 2.45) is 5.92 Å². The second-order valence-corrected chi connectivity index (χ2v) is 5.61. The number of aromatic nitrogens is 1. The van der Waals surface area contributed by atoms with Gasteiger partial charge in [0.1, 0.15) is 12.4 Å². The van der Waals surface area contributed by atoms with Crippen LogP contribution in [0.3, 0.4) is 0 Å². The molecular formula is C18H21NO2. The molecule has 1 fully saturated rings. The van der Waals surface area contributed by atoms with Crippen LogP contribution in [0.2, 0.25) is 0 Å². The van der Waals surface area contributed by atoms with E-state index in [0.717, 1.165) is 24.7 Å². The number of benzene rings is 1. The van der Waals surface area contributed by atoms with Gasteiger partial charge in [-0.05, 0) is 41.9 Å². The van der Waals surface area contributed by atoms with Crippen LogP contribution in [-0.4, -0.2) is 18.7 Å². The number of hydrogen-bond donors (Lipinski definition) is 0. The second kappa shape index (κ2) is 6.72. The average Bonchev–Trinajstić information content (AvgIpc) is 3.32. The summed E-state index contributed by atoms with van der Waals surface area (Å²) in [6.45, 7) is 1.43. The van der Waals surface area contributed by atoms with Gasteiger partial charge in [0.2, 0.25) is 0 Å². The van der Waals surface area contributed by atoms with Crippen molar-refractivity contribution in [2.75, 3.05) is 13.7 Å². The van der Waals surface area contributed by atoms with Crippen LogP contribution in [0.1, 0.15) is 29.9 Å². The van der Waals surface area contributed by atoms with Crippen LogP contribution in [0.4, 0.5) is 0 Å². The van der Waals surface area contributed by atoms with Crippen LogP contribution >= 0.6 is 0 Å². The van der Waals surface area contributed by atoms with E-state index in [0.29, 0.717) is 12.5 Å². The highest BCUT2D eigenvalue weighted by molar-refractivity contribution is 5.30. The van der Waals surface area contributed by atoms with Crippen molar-refractivity contribution in [3.63, 3.8) is 0 Å². The molecule has 1 aromatic heterocycles. The molecule has 0 radical (unpaired) electrons. The summed E-state index contributed by atoms with van der Waals surface area (Å²) in [5.41, 5.74) is 2.47. The topological polar surface area (TPSA) is 31.4 Å². The third-order valence-electron chi connectivity index (χ3n) is 4.03. The molecular weight excluding hydrogens is 262 g/mol. The van der Waals surface area contributed by atoms with Crippen molar-refractivity contribution in [3.05, 3.63) is 59.9 Å². The molecule has 0 unspecified atom stereocenters. The van der Waals surface area contributed by atoms with Crippen LogP contribution < -0.4 is 4.74 Å². The molecule has 1 aromatic carbocycles. The van der Waals surface area contributed by atoms with E-state index in [1.54, 1.807) is 13.3 Å². The van der Waals surface area contributed by atoms with Gasteiger partial charge in [-0.15, -0.1) is 0 Å². The molecule has 2 aromatic rings. The Balaban J connectivity index is 1.57. The first kappa shape index (κ1) is 14.1. The summed E-state index contributed by atoms with van der Waals surface area (Å²) in [5.74, 6) is 2.23. The second-order valence-electron chi connectivity index (χ2n) is 5.61. The van der Waals surface area contributed by atoms with Crippen LogP contribution in [-0.2, 0) is 11.3 Å². The smallest absolute Gasteiger partial charge is 0.138 e. The highest BCUT2D eigenvalue weighted by Crippen LogP contribution is 2.49. The molecule has 3 nitrogen and oxygen atoms in total. The zero-order chi connectivity index (χ0) is 14.5. The molecule has 1 aliphatic rings. The van der Waals surface area contributed by atoms with E-state index in [1.807, 2.05) is 24.4 Å². The van der Waals surface area contributed by atoms with Gasteiger partial charge in [-0.2, -0.15) is 0 Å². The van der Waals surface area contributed by atoms with Crippen LogP contribution in [0.15, 0.2) is 48.8 Å². The molecule has 2 atom stereocenters. The van der Waals surface area contributed by atoms with E-state index in [2.05, 4.69) is 23.2 Å². The summed E-state index contributed by atoms with van der Waals surface area (Å²) in [4.78, 5) is 4.32. The zero-order valence-electron chi connectivity index (χ0n) is 12.4. The van der Waals surface area contributed by atoms with Crippen molar-refractivity contribution in [1.29, 1.82) is 0 Å². The lowest BCUT2D eigenvalue weighted by Gasteiger charge is -2.07. The molecule has 0 aliphatic heterocycles. The summed E-state index contributed by atoms with van der Waals surface area (Å²) in [7, 11) is 1.76. The summed E-state index contributed by atoms with van der Waals surface area (Å²) in [6.07, 6.45) is 6.13. The fourth-order valence-corrected chi connectivity index (χ4v) is 2.70. The summed E-state index contributed by atoms with van der Waals surface area (Å²) in [5, 5.41) is 0. The predicted molar refractivity (Wildman–Crippen MR) is 82.4 cm³/mol. The highest BCUT2D eigenvalue weighted by atomic mass is 16.5. The predicted octanol–water partition coefficient (Wildman–Crippen LogP) is 3.80. The maximum absolute atomic E-state index is 5.84. The maximum Gasteiger partial charge on any atom is 0.138 e. The van der Waals surface area contributed by atoms with Gasteiger partial charge in [0.05, 0.1) is 6.20 Å². The lowest BCUT2D eigenvalue weighted by Crippen LogP contribution is -1.97. The van der Waals surface area contributed by atoms with Crippen molar-refractivity contribution < 1.29 is 9.47 Å². The van der Waals surface area contributed by atoms with Gasteiger partial charge in [-0.25, -0.2) is 0 Å². The Bertz CT molecular complexity index is 570. The van der Waals surface area contributed by atoms with Crippen molar-refractivity contribution in [1.82, 2.24) is 4.98 Å². The van der Waals surface area contributed by atoms with Crippen LogP contribution in [0.5, 0.6) is 5.75 Å². The molecule has 0 saturated heterocycles. The van der Waals surface area contributed by atoms with Crippen molar-refractivity contribution >= 4 is 0 Å². The Morgan fingerprint density at radius 1 is 1.19 bits per heavy atom. The van der Waals surface area contributed by atoms with Crippen molar-refractivity contribution in [2.45, 2.75) is 25.4 Å². The molecule has 110 valence electrons. The lowest BCUT2D eigenvalue weighted by atomic mass is 10.1. The molecule has 3 heteroatoms. The van der Waals surface area contributed by atoms with E-state index in [9.17, 15) is 0 Å². The largest absolute Gasteiger partial charge is 0.487 e. The van der Waals surface area contributed by atoms with Gasteiger partial charge < -0.3 is 9.47 Å². The Morgan fingerprint density at radius 2 is 2.05 bits per heavy atom. The number of nitrogens with zero attached hydrogens (tertiary/aromatic N) is 1. The molecule has 1 heterocycles. The number of ether oxygens (including phenoxy) is 2. The minimum atomic E-state index is 0.587. The van der Waals surface area contributed by atoms with Crippen LogP contribution in [0.25, 0.3) is 0 Å². The summed E-state index contributed by atoms with van der Waals surface area (Å²) < 4.78 is 11.0. The summed E-state index contributed by atoms with van der Waals surface area (Å²) in [6, 6.07) is 12.3. The zero-order valence-corrected chi connectivity index (χ0v) is 12.4. The molecule has 0 spiro atoms. The molecule has 3 rings (SSSR count). The molecule has 21 heavy (non-hydrogen) atoms.